The minimum absolute atomic E-state index is 0.399. The number of hydrogen-bond donors (Lipinski definition) is 0. The van der Waals surface area contributed by atoms with E-state index in [4.69, 9.17) is 0 Å². The van der Waals surface area contributed by atoms with Crippen LogP contribution in [0.3, 0.4) is 0 Å². The van der Waals surface area contributed by atoms with E-state index >= 15 is 0 Å². The van der Waals surface area contributed by atoms with Gasteiger partial charge in [0, 0.05) is 19.6 Å². The summed E-state index contributed by atoms with van der Waals surface area (Å²) in [4.78, 5) is 6.41. The first-order chi connectivity index (χ1) is 11.4. The minimum atomic E-state index is 0.399. The van der Waals surface area contributed by atoms with Gasteiger partial charge in [-0.05, 0) is 12.0 Å². The fourth-order valence-electron chi connectivity index (χ4n) is 3.06. The maximum atomic E-state index is 4.30. The van der Waals surface area contributed by atoms with Crippen LogP contribution in [0.1, 0.15) is 23.7 Å². The normalized spacial score (nSPS) is 18.5. The molecule has 1 saturated heterocycles. The van der Waals surface area contributed by atoms with Crippen LogP contribution in [0.15, 0.2) is 49.2 Å². The molecule has 1 fully saturated rings. The van der Waals surface area contributed by atoms with Gasteiger partial charge in [0.25, 0.3) is 0 Å². The molecule has 0 bridgehead atoms. The van der Waals surface area contributed by atoms with Gasteiger partial charge >= 0.3 is 0 Å². The molecular formula is C16H19N7. The second-order valence-corrected chi connectivity index (χ2v) is 5.95. The molecule has 118 valence electrons. The molecule has 23 heavy (non-hydrogen) atoms. The van der Waals surface area contributed by atoms with E-state index in [9.17, 15) is 0 Å². The molecule has 0 saturated carbocycles. The van der Waals surface area contributed by atoms with Crippen LogP contribution in [0.2, 0.25) is 0 Å². The van der Waals surface area contributed by atoms with Gasteiger partial charge in [0.15, 0.2) is 0 Å². The van der Waals surface area contributed by atoms with Crippen LogP contribution in [-0.4, -0.2) is 47.7 Å². The molecule has 0 aliphatic carbocycles. The van der Waals surface area contributed by atoms with Gasteiger partial charge in [-0.3, -0.25) is 4.90 Å². The van der Waals surface area contributed by atoms with E-state index in [-0.39, 0.29) is 0 Å². The third-order valence-corrected chi connectivity index (χ3v) is 4.22. The Labute approximate surface area is 134 Å². The lowest BCUT2D eigenvalue weighted by Gasteiger charge is -2.15. The fraction of sp³-hybridized carbons (Fsp3) is 0.375. The van der Waals surface area contributed by atoms with Crippen molar-refractivity contribution in [1.82, 2.24) is 34.7 Å². The smallest absolute Gasteiger partial charge is 0.137 e. The highest BCUT2D eigenvalue weighted by Crippen LogP contribution is 2.22. The SMILES string of the molecule is c1ccc(CN2CCC(n3cc(Cn4cncn4)nn3)C2)cc1. The molecule has 3 heterocycles. The number of aromatic nitrogens is 6. The lowest BCUT2D eigenvalue weighted by Crippen LogP contribution is -2.21. The van der Waals surface area contributed by atoms with Crippen LogP contribution in [0, 0.1) is 0 Å². The second kappa shape index (κ2) is 6.29. The van der Waals surface area contributed by atoms with Gasteiger partial charge in [-0.15, -0.1) is 5.10 Å². The largest absolute Gasteiger partial charge is 0.297 e. The van der Waals surface area contributed by atoms with Crippen molar-refractivity contribution in [1.29, 1.82) is 0 Å². The molecule has 1 aromatic carbocycles. The average Bonchev–Trinajstić information content (AvgIpc) is 3.30. The monoisotopic (exact) mass is 309 g/mol. The Hall–Kier alpha value is -2.54. The lowest BCUT2D eigenvalue weighted by atomic mass is 10.2. The van der Waals surface area contributed by atoms with Gasteiger partial charge in [-0.1, -0.05) is 35.5 Å². The van der Waals surface area contributed by atoms with Crippen molar-refractivity contribution in [3.63, 3.8) is 0 Å². The highest BCUT2D eigenvalue weighted by Gasteiger charge is 2.24. The highest BCUT2D eigenvalue weighted by atomic mass is 15.5. The van der Waals surface area contributed by atoms with Gasteiger partial charge in [0.05, 0.1) is 18.8 Å². The minimum Gasteiger partial charge on any atom is -0.297 e. The van der Waals surface area contributed by atoms with Crippen LogP contribution >= 0.6 is 0 Å². The summed E-state index contributed by atoms with van der Waals surface area (Å²) >= 11 is 0. The number of hydrogen-bond acceptors (Lipinski definition) is 5. The molecule has 7 heteroatoms. The first kappa shape index (κ1) is 14.1. The first-order valence-corrected chi connectivity index (χ1v) is 7.86. The van der Waals surface area contributed by atoms with Crippen molar-refractivity contribution in [3.05, 3.63) is 60.4 Å². The van der Waals surface area contributed by atoms with Gasteiger partial charge in [0.1, 0.15) is 18.3 Å². The van der Waals surface area contributed by atoms with Crippen molar-refractivity contribution in [2.75, 3.05) is 13.1 Å². The first-order valence-electron chi connectivity index (χ1n) is 7.86. The van der Waals surface area contributed by atoms with Crippen LogP contribution in [0.25, 0.3) is 0 Å². The molecule has 1 unspecified atom stereocenters. The van der Waals surface area contributed by atoms with E-state index in [1.807, 2.05) is 10.9 Å². The standard InChI is InChI=1S/C16H19N7/c1-2-4-14(5-3-1)8-21-7-6-16(11-21)23-10-15(19-20-23)9-22-13-17-12-18-22/h1-5,10,12-13,16H,6-9,11H2. The Morgan fingerprint density at radius 1 is 1.13 bits per heavy atom. The number of rotatable bonds is 5. The zero-order chi connectivity index (χ0) is 15.5. The van der Waals surface area contributed by atoms with E-state index in [1.54, 1.807) is 11.0 Å². The molecule has 0 N–H and O–H groups in total. The molecule has 0 spiro atoms. The van der Waals surface area contributed by atoms with Crippen LogP contribution in [0.4, 0.5) is 0 Å². The fourth-order valence-corrected chi connectivity index (χ4v) is 3.06. The Morgan fingerprint density at radius 2 is 2.04 bits per heavy atom. The van der Waals surface area contributed by atoms with Crippen molar-refractivity contribution in [2.45, 2.75) is 25.6 Å². The highest BCUT2D eigenvalue weighted by molar-refractivity contribution is 5.14. The number of likely N-dealkylation sites (tertiary alicyclic amines) is 1. The Bertz CT molecular complexity index is 735. The van der Waals surface area contributed by atoms with Crippen molar-refractivity contribution < 1.29 is 0 Å². The number of nitrogens with zero attached hydrogens (tertiary/aromatic N) is 7. The van der Waals surface area contributed by atoms with Crippen molar-refractivity contribution >= 4 is 0 Å². The maximum absolute atomic E-state index is 4.30. The molecule has 3 aromatic rings. The zero-order valence-corrected chi connectivity index (χ0v) is 12.9. The maximum Gasteiger partial charge on any atom is 0.137 e. The molecule has 2 aromatic heterocycles. The zero-order valence-electron chi connectivity index (χ0n) is 12.9. The third-order valence-electron chi connectivity index (χ3n) is 4.22. The number of benzene rings is 1. The van der Waals surface area contributed by atoms with Gasteiger partial charge < -0.3 is 0 Å². The second-order valence-electron chi connectivity index (χ2n) is 5.95. The molecule has 4 rings (SSSR count). The molecule has 1 aliphatic rings. The predicted molar refractivity (Wildman–Crippen MR) is 84.5 cm³/mol. The summed E-state index contributed by atoms with van der Waals surface area (Å²) in [5, 5.41) is 12.6. The molecule has 0 radical (unpaired) electrons. The Kier molecular flexibility index (Phi) is 3.85. The topological polar surface area (TPSA) is 64.7 Å². The molecule has 1 atom stereocenters. The van der Waals surface area contributed by atoms with E-state index in [0.29, 0.717) is 12.6 Å². The van der Waals surface area contributed by atoms with Crippen molar-refractivity contribution in [2.24, 2.45) is 0 Å². The summed E-state index contributed by atoms with van der Waals surface area (Å²) in [6.45, 7) is 3.72. The summed E-state index contributed by atoms with van der Waals surface area (Å²) in [6.07, 6.45) is 6.36. The van der Waals surface area contributed by atoms with E-state index in [0.717, 1.165) is 31.7 Å². The van der Waals surface area contributed by atoms with Gasteiger partial charge in [0.2, 0.25) is 0 Å². The van der Waals surface area contributed by atoms with Crippen molar-refractivity contribution in [3.8, 4) is 0 Å². The average molecular weight is 309 g/mol. The van der Waals surface area contributed by atoms with Gasteiger partial charge in [-0.2, -0.15) is 5.10 Å². The summed E-state index contributed by atoms with van der Waals surface area (Å²) in [5.74, 6) is 0. The van der Waals surface area contributed by atoms with E-state index in [1.165, 1.54) is 11.9 Å². The Morgan fingerprint density at radius 3 is 2.87 bits per heavy atom. The lowest BCUT2D eigenvalue weighted by molar-refractivity contribution is 0.310. The third kappa shape index (κ3) is 3.29. The van der Waals surface area contributed by atoms with Crippen LogP contribution in [-0.2, 0) is 13.1 Å². The molecule has 0 amide bonds. The molecular weight excluding hydrogens is 290 g/mol. The van der Waals surface area contributed by atoms with Crippen LogP contribution in [0.5, 0.6) is 0 Å². The summed E-state index contributed by atoms with van der Waals surface area (Å²) < 4.78 is 3.75. The van der Waals surface area contributed by atoms with Crippen LogP contribution < -0.4 is 0 Å². The summed E-state index contributed by atoms with van der Waals surface area (Å²) in [6, 6.07) is 11.0. The quantitative estimate of drug-likeness (QED) is 0.712. The van der Waals surface area contributed by atoms with E-state index < -0.39 is 0 Å². The Balaban J connectivity index is 1.37. The van der Waals surface area contributed by atoms with Gasteiger partial charge in [-0.25, -0.2) is 14.3 Å². The molecule has 7 nitrogen and oxygen atoms in total. The van der Waals surface area contributed by atoms with E-state index in [2.05, 4.69) is 55.6 Å². The molecule has 1 aliphatic heterocycles. The summed E-state index contributed by atoms with van der Waals surface area (Å²) in [5.41, 5.74) is 2.27. The predicted octanol–water partition coefficient (Wildman–Crippen LogP) is 1.36. The summed E-state index contributed by atoms with van der Waals surface area (Å²) in [7, 11) is 0.